The van der Waals surface area contributed by atoms with Gasteiger partial charge in [-0.05, 0) is 76.1 Å². The Morgan fingerprint density at radius 2 is 1.88 bits per heavy atom. The van der Waals surface area contributed by atoms with Crippen LogP contribution in [0.25, 0.3) is 0 Å². The van der Waals surface area contributed by atoms with Gasteiger partial charge in [0.2, 0.25) is 6.79 Å². The van der Waals surface area contributed by atoms with E-state index >= 15 is 0 Å². The summed E-state index contributed by atoms with van der Waals surface area (Å²) in [6.45, 7) is 7.88. The first-order chi connectivity index (χ1) is 22.9. The van der Waals surface area contributed by atoms with Crippen molar-refractivity contribution in [3.8, 4) is 17.2 Å². The number of anilines is 1. The standard InChI is InChI=1S/C34H47N5O8S/c1-23-16-39(24(2)20-40)34(41)28-15-27(36-48(42,43)33-19-38(5)21-35-33)10-12-29(28)47-25(3)8-6-7-13-44-32(23)18-37(4)17-26-9-11-30-31(14-26)46-22-45-30/h9-12,14-15,19,21,23-25,32,36,40H,6-8,13,16-18,20,22H2,1-5H3/t23-,24+,25+,32+/m1/s1. The summed E-state index contributed by atoms with van der Waals surface area (Å²) in [5.74, 6) is 1.34. The summed E-state index contributed by atoms with van der Waals surface area (Å²) in [7, 11) is -0.290. The average molecular weight is 686 g/mol. The molecular weight excluding hydrogens is 638 g/mol. The Balaban J connectivity index is 1.40. The predicted molar refractivity (Wildman–Crippen MR) is 180 cm³/mol. The molecule has 48 heavy (non-hydrogen) atoms. The number of nitrogens with one attached hydrogen (secondary N) is 1. The molecule has 0 bridgehead atoms. The maximum absolute atomic E-state index is 14.4. The molecule has 1 amide bonds. The van der Waals surface area contributed by atoms with Gasteiger partial charge in [-0.2, -0.15) is 8.42 Å². The molecular formula is C34H47N5O8S. The van der Waals surface area contributed by atoms with Crippen molar-refractivity contribution in [2.45, 2.75) is 69.9 Å². The van der Waals surface area contributed by atoms with E-state index in [-0.39, 0.29) is 53.7 Å². The van der Waals surface area contributed by atoms with Crippen molar-refractivity contribution in [1.82, 2.24) is 19.4 Å². The Labute approximate surface area is 282 Å². The number of fused-ring (bicyclic) bond motifs is 2. The first-order valence-corrected chi connectivity index (χ1v) is 17.8. The van der Waals surface area contributed by atoms with Crippen LogP contribution in [0.5, 0.6) is 17.2 Å². The number of aliphatic hydroxyl groups excluding tert-OH is 1. The molecule has 2 aromatic carbocycles. The molecule has 0 saturated carbocycles. The number of rotatable bonds is 9. The van der Waals surface area contributed by atoms with E-state index in [4.69, 9.17) is 18.9 Å². The van der Waals surface area contributed by atoms with Gasteiger partial charge in [-0.1, -0.05) is 13.0 Å². The van der Waals surface area contributed by atoms with Crippen molar-refractivity contribution in [1.29, 1.82) is 0 Å². The van der Waals surface area contributed by atoms with Crippen LogP contribution in [0.2, 0.25) is 0 Å². The van der Waals surface area contributed by atoms with Crippen LogP contribution in [-0.2, 0) is 28.4 Å². The Kier molecular flexibility index (Phi) is 11.5. The zero-order valence-electron chi connectivity index (χ0n) is 28.3. The van der Waals surface area contributed by atoms with Crippen LogP contribution >= 0.6 is 0 Å². The fraction of sp³-hybridized carbons (Fsp3) is 0.529. The normalized spacial score (nSPS) is 21.4. The number of hydrogen-bond donors (Lipinski definition) is 2. The number of benzene rings is 2. The Bertz CT molecular complexity index is 1660. The summed E-state index contributed by atoms with van der Waals surface area (Å²) in [6.07, 6.45) is 4.84. The SMILES string of the molecule is C[C@@H]1CN([C@@H](C)CO)C(=O)c2cc(NS(=O)(=O)c3cn(C)cn3)ccc2O[C@@H](C)CCCCO[C@H]1CN(C)Cc1ccc2c(c1)OCO2. The van der Waals surface area contributed by atoms with Gasteiger partial charge in [0.25, 0.3) is 15.9 Å². The highest BCUT2D eigenvalue weighted by atomic mass is 32.2. The molecule has 3 aromatic rings. The Morgan fingerprint density at radius 3 is 2.62 bits per heavy atom. The highest BCUT2D eigenvalue weighted by Gasteiger charge is 2.31. The van der Waals surface area contributed by atoms with Crippen LogP contribution in [0, 0.1) is 5.92 Å². The number of aliphatic hydroxyl groups is 1. The van der Waals surface area contributed by atoms with Gasteiger partial charge in [-0.15, -0.1) is 0 Å². The molecule has 4 atom stereocenters. The Morgan fingerprint density at radius 1 is 1.10 bits per heavy atom. The van der Waals surface area contributed by atoms with Crippen LogP contribution in [0.4, 0.5) is 5.69 Å². The maximum atomic E-state index is 14.4. The fourth-order valence-corrected chi connectivity index (χ4v) is 6.94. The van der Waals surface area contributed by atoms with E-state index in [0.717, 1.165) is 36.3 Å². The van der Waals surface area contributed by atoms with Gasteiger partial charge in [0, 0.05) is 51.1 Å². The number of nitrogens with zero attached hydrogens (tertiary/aromatic N) is 4. The van der Waals surface area contributed by atoms with E-state index in [9.17, 15) is 18.3 Å². The summed E-state index contributed by atoms with van der Waals surface area (Å²) >= 11 is 0. The summed E-state index contributed by atoms with van der Waals surface area (Å²) in [5.41, 5.74) is 1.48. The van der Waals surface area contributed by atoms with Crippen LogP contribution in [0.3, 0.4) is 0 Å². The van der Waals surface area contributed by atoms with Crippen molar-refractivity contribution in [2.75, 3.05) is 44.9 Å². The molecule has 2 aliphatic rings. The topological polar surface area (TPSA) is 145 Å². The lowest BCUT2D eigenvalue weighted by atomic mass is 10.0. The first kappa shape index (κ1) is 35.5. The van der Waals surface area contributed by atoms with Crippen molar-refractivity contribution in [3.05, 3.63) is 60.0 Å². The summed E-state index contributed by atoms with van der Waals surface area (Å²) in [6, 6.07) is 10.1. The van der Waals surface area contributed by atoms with Gasteiger partial charge in [0.05, 0.1) is 36.7 Å². The van der Waals surface area contributed by atoms with Gasteiger partial charge < -0.3 is 33.5 Å². The van der Waals surface area contributed by atoms with Crippen LogP contribution in [-0.4, -0.2) is 97.2 Å². The highest BCUT2D eigenvalue weighted by Crippen LogP contribution is 2.33. The number of amides is 1. The second-order valence-corrected chi connectivity index (χ2v) is 14.5. The van der Waals surface area contributed by atoms with Gasteiger partial charge in [-0.3, -0.25) is 14.4 Å². The molecule has 0 radical (unpaired) electrons. The highest BCUT2D eigenvalue weighted by molar-refractivity contribution is 7.92. The second kappa shape index (κ2) is 15.6. The van der Waals surface area contributed by atoms with Crippen LogP contribution in [0.15, 0.2) is 53.9 Å². The van der Waals surface area contributed by atoms with E-state index in [2.05, 4.69) is 14.6 Å². The quantitative estimate of drug-likeness (QED) is 0.341. The monoisotopic (exact) mass is 685 g/mol. The van der Waals surface area contributed by atoms with Crippen LogP contribution < -0.4 is 18.9 Å². The number of sulfonamides is 1. The molecule has 2 N–H and O–H groups in total. The number of ether oxygens (including phenoxy) is 4. The molecule has 5 rings (SSSR count). The molecule has 0 fully saturated rings. The lowest BCUT2D eigenvalue weighted by Gasteiger charge is -2.36. The van der Waals surface area contributed by atoms with Crippen LogP contribution in [0.1, 0.15) is 56.0 Å². The minimum Gasteiger partial charge on any atom is -0.490 e. The van der Waals surface area contributed by atoms with Crippen molar-refractivity contribution >= 4 is 21.6 Å². The largest absolute Gasteiger partial charge is 0.490 e. The maximum Gasteiger partial charge on any atom is 0.280 e. The molecule has 0 saturated heterocycles. The molecule has 3 heterocycles. The van der Waals surface area contributed by atoms with Crippen molar-refractivity contribution in [2.24, 2.45) is 13.0 Å². The van der Waals surface area contributed by atoms with Crippen molar-refractivity contribution < 1.29 is 37.3 Å². The van der Waals surface area contributed by atoms with Crippen molar-refractivity contribution in [3.63, 3.8) is 0 Å². The van der Waals surface area contributed by atoms with E-state index in [0.29, 0.717) is 32.0 Å². The molecule has 2 aliphatic heterocycles. The summed E-state index contributed by atoms with van der Waals surface area (Å²) < 4.78 is 54.0. The number of aromatic nitrogens is 2. The summed E-state index contributed by atoms with van der Waals surface area (Å²) in [5, 5.41) is 10.1. The molecule has 0 spiro atoms. The number of carbonyl (C=O) groups is 1. The van der Waals surface area contributed by atoms with Gasteiger partial charge >= 0.3 is 0 Å². The number of hydrogen-bond acceptors (Lipinski definition) is 10. The predicted octanol–water partition coefficient (Wildman–Crippen LogP) is 3.88. The lowest BCUT2D eigenvalue weighted by Crippen LogP contribution is -2.47. The zero-order valence-corrected chi connectivity index (χ0v) is 29.1. The number of likely N-dealkylation sites (N-methyl/N-ethyl adjacent to an activating group) is 1. The van der Waals surface area contributed by atoms with Gasteiger partial charge in [0.15, 0.2) is 16.5 Å². The second-order valence-electron chi connectivity index (χ2n) is 12.9. The molecule has 14 heteroatoms. The molecule has 13 nitrogen and oxygen atoms in total. The number of carbonyl (C=O) groups excluding carboxylic acids is 1. The van der Waals surface area contributed by atoms with E-state index in [1.807, 2.05) is 39.1 Å². The third kappa shape index (κ3) is 8.78. The summed E-state index contributed by atoms with van der Waals surface area (Å²) in [4.78, 5) is 22.2. The molecule has 1 aromatic heterocycles. The van der Waals surface area contributed by atoms with E-state index in [1.165, 1.54) is 23.2 Å². The minimum absolute atomic E-state index is 0.112. The lowest BCUT2D eigenvalue weighted by molar-refractivity contribution is -0.0177. The van der Waals surface area contributed by atoms with Gasteiger partial charge in [-0.25, -0.2) is 4.98 Å². The average Bonchev–Trinajstić information content (AvgIpc) is 3.71. The zero-order chi connectivity index (χ0) is 34.4. The number of aryl methyl sites for hydroxylation is 1. The number of imidazole rings is 1. The smallest absolute Gasteiger partial charge is 0.280 e. The Hall–Kier alpha value is -3.85. The first-order valence-electron chi connectivity index (χ1n) is 16.4. The molecule has 0 aliphatic carbocycles. The third-order valence-corrected chi connectivity index (χ3v) is 9.91. The molecule has 262 valence electrons. The van der Waals surface area contributed by atoms with Gasteiger partial charge in [0.1, 0.15) is 5.75 Å². The fourth-order valence-electron chi connectivity index (χ4n) is 5.91. The third-order valence-electron chi connectivity index (χ3n) is 8.64. The van der Waals surface area contributed by atoms with E-state index < -0.39 is 16.1 Å². The molecule has 0 unspecified atom stereocenters. The minimum atomic E-state index is -4.01. The van der Waals surface area contributed by atoms with E-state index in [1.54, 1.807) is 31.0 Å².